The first-order valence-electron chi connectivity index (χ1n) is 7.59. The van der Waals surface area contributed by atoms with E-state index in [1.807, 2.05) is 0 Å². The highest BCUT2D eigenvalue weighted by atomic mass is 19.2. The van der Waals surface area contributed by atoms with Gasteiger partial charge in [0.25, 0.3) is 5.91 Å². The van der Waals surface area contributed by atoms with Crippen LogP contribution in [0.1, 0.15) is 44.0 Å². The van der Waals surface area contributed by atoms with E-state index in [2.05, 4.69) is 10.1 Å². The maximum atomic E-state index is 13.2. The molecule has 0 aliphatic heterocycles. The van der Waals surface area contributed by atoms with Gasteiger partial charge in [-0.3, -0.25) is 9.59 Å². The summed E-state index contributed by atoms with van der Waals surface area (Å²) in [6, 6.07) is 1.47. The molecule has 0 heterocycles. The number of hydrogen-bond acceptors (Lipinski definition) is 5. The highest BCUT2D eigenvalue weighted by molar-refractivity contribution is 5.96. The summed E-state index contributed by atoms with van der Waals surface area (Å²) in [5, 5.41) is 2.34. The first-order valence-corrected chi connectivity index (χ1v) is 7.59. The Bertz CT molecular complexity index is 655. The van der Waals surface area contributed by atoms with Crippen LogP contribution >= 0.6 is 0 Å². The second kappa shape index (κ2) is 8.55. The van der Waals surface area contributed by atoms with Crippen LogP contribution in [0.3, 0.4) is 0 Å². The molecule has 0 radical (unpaired) electrons. The summed E-state index contributed by atoms with van der Waals surface area (Å²) in [6.07, 6.45) is -0.188. The zero-order valence-corrected chi connectivity index (χ0v) is 14.5. The average molecular weight is 357 g/mol. The Morgan fingerprint density at radius 2 is 1.80 bits per heavy atom. The molecule has 138 valence electrons. The first kappa shape index (κ1) is 20.5. The van der Waals surface area contributed by atoms with Crippen LogP contribution in [0.25, 0.3) is 0 Å². The van der Waals surface area contributed by atoms with Gasteiger partial charge in [0.2, 0.25) is 0 Å². The summed E-state index contributed by atoms with van der Waals surface area (Å²) < 4.78 is 35.8. The van der Waals surface area contributed by atoms with Gasteiger partial charge in [-0.25, -0.2) is 13.6 Å². The number of rotatable bonds is 6. The van der Waals surface area contributed by atoms with Gasteiger partial charge in [0.05, 0.1) is 7.11 Å². The van der Waals surface area contributed by atoms with Gasteiger partial charge in [-0.1, -0.05) is 0 Å². The van der Waals surface area contributed by atoms with E-state index in [0.29, 0.717) is 6.07 Å². The molecule has 0 unspecified atom stereocenters. The van der Waals surface area contributed by atoms with Crippen LogP contribution in [0.2, 0.25) is 0 Å². The Morgan fingerprint density at radius 1 is 1.16 bits per heavy atom. The number of halogens is 2. The zero-order valence-electron chi connectivity index (χ0n) is 14.5. The molecule has 0 saturated carbocycles. The smallest absolute Gasteiger partial charge is 0.328 e. The quantitative estimate of drug-likeness (QED) is 0.791. The van der Waals surface area contributed by atoms with Crippen LogP contribution in [0.15, 0.2) is 18.2 Å². The predicted molar refractivity (Wildman–Crippen MR) is 84.7 cm³/mol. The summed E-state index contributed by atoms with van der Waals surface area (Å²) in [6.45, 7) is 5.11. The molecule has 6 nitrogen and oxygen atoms in total. The monoisotopic (exact) mass is 357 g/mol. The SMILES string of the molecule is COC(=O)[C@@H](CCC(=O)OC(C)(C)C)NC(=O)c1ccc(F)c(F)c1. The molecule has 1 aromatic carbocycles. The molecule has 0 aliphatic rings. The third-order valence-corrected chi connectivity index (χ3v) is 3.03. The predicted octanol–water partition coefficient (Wildman–Crippen LogP) is 2.36. The van der Waals surface area contributed by atoms with Gasteiger partial charge >= 0.3 is 11.9 Å². The Kier molecular flexibility index (Phi) is 7.02. The molecule has 0 fully saturated rings. The van der Waals surface area contributed by atoms with Gasteiger partial charge in [0, 0.05) is 12.0 Å². The Hall–Kier alpha value is -2.51. The molecule has 25 heavy (non-hydrogen) atoms. The van der Waals surface area contributed by atoms with Crippen LogP contribution < -0.4 is 5.32 Å². The Morgan fingerprint density at radius 3 is 2.32 bits per heavy atom. The number of ether oxygens (including phenoxy) is 2. The minimum Gasteiger partial charge on any atom is -0.467 e. The summed E-state index contributed by atoms with van der Waals surface area (Å²) >= 11 is 0. The lowest BCUT2D eigenvalue weighted by atomic mass is 10.1. The molecule has 0 bridgehead atoms. The molecule has 0 aromatic heterocycles. The molecular weight excluding hydrogens is 336 g/mol. The summed E-state index contributed by atoms with van der Waals surface area (Å²) in [5.41, 5.74) is -0.836. The first-order chi connectivity index (χ1) is 11.5. The molecule has 1 amide bonds. The van der Waals surface area contributed by atoms with Crippen molar-refractivity contribution in [3.05, 3.63) is 35.4 Å². The second-order valence-electron chi connectivity index (χ2n) is 6.30. The molecule has 1 aromatic rings. The fourth-order valence-electron chi connectivity index (χ4n) is 1.92. The number of amides is 1. The lowest BCUT2D eigenvalue weighted by molar-refractivity contribution is -0.155. The lowest BCUT2D eigenvalue weighted by Gasteiger charge is -2.21. The van der Waals surface area contributed by atoms with Crippen molar-refractivity contribution in [3.63, 3.8) is 0 Å². The largest absolute Gasteiger partial charge is 0.467 e. The van der Waals surface area contributed by atoms with Gasteiger partial charge in [-0.05, 0) is 45.4 Å². The van der Waals surface area contributed by atoms with Crippen LogP contribution in [-0.4, -0.2) is 36.6 Å². The molecule has 1 atom stereocenters. The summed E-state index contributed by atoms with van der Waals surface area (Å²) in [4.78, 5) is 35.6. The highest BCUT2D eigenvalue weighted by Gasteiger charge is 2.25. The normalized spacial score (nSPS) is 12.2. The number of esters is 2. The van der Waals surface area contributed by atoms with Gasteiger partial charge in [-0.15, -0.1) is 0 Å². The zero-order chi connectivity index (χ0) is 19.2. The van der Waals surface area contributed by atoms with Crippen LogP contribution in [-0.2, 0) is 19.1 Å². The molecule has 1 N–H and O–H groups in total. The molecular formula is C17H21F2NO5. The van der Waals surface area contributed by atoms with E-state index >= 15 is 0 Å². The molecule has 8 heteroatoms. The van der Waals surface area contributed by atoms with E-state index < -0.39 is 41.1 Å². The van der Waals surface area contributed by atoms with E-state index in [4.69, 9.17) is 4.74 Å². The molecule has 0 saturated heterocycles. The number of carbonyl (C=O) groups excluding carboxylic acids is 3. The fraction of sp³-hybridized carbons (Fsp3) is 0.471. The van der Waals surface area contributed by atoms with Crippen molar-refractivity contribution in [1.29, 1.82) is 0 Å². The van der Waals surface area contributed by atoms with Crippen LogP contribution in [0.4, 0.5) is 8.78 Å². The Labute approximate surface area is 144 Å². The van der Waals surface area contributed by atoms with E-state index in [1.54, 1.807) is 20.8 Å². The van der Waals surface area contributed by atoms with Crippen LogP contribution in [0.5, 0.6) is 0 Å². The number of methoxy groups -OCH3 is 1. The molecule has 0 spiro atoms. The minimum atomic E-state index is -1.18. The number of benzene rings is 1. The average Bonchev–Trinajstić information content (AvgIpc) is 2.51. The second-order valence-corrected chi connectivity index (χ2v) is 6.30. The van der Waals surface area contributed by atoms with Crippen molar-refractivity contribution in [2.45, 2.75) is 45.3 Å². The van der Waals surface area contributed by atoms with E-state index in [0.717, 1.165) is 19.2 Å². The van der Waals surface area contributed by atoms with Crippen molar-refractivity contribution in [3.8, 4) is 0 Å². The fourth-order valence-corrected chi connectivity index (χ4v) is 1.92. The summed E-state index contributed by atoms with van der Waals surface area (Å²) in [7, 11) is 1.13. The van der Waals surface area contributed by atoms with E-state index in [9.17, 15) is 23.2 Å². The number of carbonyl (C=O) groups is 3. The molecule has 0 aliphatic carbocycles. The summed E-state index contributed by atoms with van der Waals surface area (Å²) in [5.74, 6) is -4.37. The highest BCUT2D eigenvalue weighted by Crippen LogP contribution is 2.12. The van der Waals surface area contributed by atoms with Gasteiger partial charge in [0.15, 0.2) is 11.6 Å². The Balaban J connectivity index is 2.75. The van der Waals surface area contributed by atoms with Gasteiger partial charge in [0.1, 0.15) is 11.6 Å². The van der Waals surface area contributed by atoms with Crippen molar-refractivity contribution < 1.29 is 32.6 Å². The standard InChI is InChI=1S/C17H21F2NO5/c1-17(2,3)25-14(21)8-7-13(16(23)24-4)20-15(22)10-5-6-11(18)12(19)9-10/h5-6,9,13H,7-8H2,1-4H3,(H,20,22)/t13-/m1/s1. The van der Waals surface area contributed by atoms with E-state index in [1.165, 1.54) is 0 Å². The maximum absolute atomic E-state index is 13.2. The van der Waals surface area contributed by atoms with E-state index in [-0.39, 0.29) is 18.4 Å². The topological polar surface area (TPSA) is 81.7 Å². The van der Waals surface area contributed by atoms with Crippen molar-refractivity contribution in [2.75, 3.05) is 7.11 Å². The van der Waals surface area contributed by atoms with Gasteiger partial charge < -0.3 is 14.8 Å². The third kappa shape index (κ3) is 6.86. The number of nitrogens with one attached hydrogen (secondary N) is 1. The maximum Gasteiger partial charge on any atom is 0.328 e. The minimum absolute atomic E-state index is 0.0585. The van der Waals surface area contributed by atoms with Crippen molar-refractivity contribution in [1.82, 2.24) is 5.32 Å². The van der Waals surface area contributed by atoms with Crippen LogP contribution in [0, 0.1) is 11.6 Å². The van der Waals surface area contributed by atoms with Crippen molar-refractivity contribution >= 4 is 17.8 Å². The third-order valence-electron chi connectivity index (χ3n) is 3.03. The van der Waals surface area contributed by atoms with Gasteiger partial charge in [-0.2, -0.15) is 0 Å². The van der Waals surface area contributed by atoms with Crippen molar-refractivity contribution in [2.24, 2.45) is 0 Å². The molecule has 1 rings (SSSR count). The lowest BCUT2D eigenvalue weighted by Crippen LogP contribution is -2.42. The number of hydrogen-bond donors (Lipinski definition) is 1.